The highest BCUT2D eigenvalue weighted by molar-refractivity contribution is 7.21. The van der Waals surface area contributed by atoms with Crippen LogP contribution in [0.3, 0.4) is 0 Å². The van der Waals surface area contributed by atoms with Crippen LogP contribution in [0.1, 0.15) is 42.5 Å². The largest absolute Gasteiger partial charge is 0.496 e. The monoisotopic (exact) mass is 844 g/mol. The molecule has 6 aromatic carbocycles. The minimum absolute atomic E-state index is 0.279. The van der Waals surface area contributed by atoms with Gasteiger partial charge >= 0.3 is 0 Å². The summed E-state index contributed by atoms with van der Waals surface area (Å²) in [6.07, 6.45) is 1.99. The summed E-state index contributed by atoms with van der Waals surface area (Å²) in [5.74, 6) is 0.652. The Morgan fingerprint density at radius 3 is 1.84 bits per heavy atom. The van der Waals surface area contributed by atoms with Crippen molar-refractivity contribution in [2.75, 3.05) is 12.4 Å². The first kappa shape index (κ1) is 38.5. The van der Waals surface area contributed by atoms with Crippen LogP contribution in [0.2, 0.25) is 0 Å². The average Bonchev–Trinajstić information content (AvgIpc) is 4.09. The lowest BCUT2D eigenvalue weighted by atomic mass is 9.96. The minimum atomic E-state index is -0.354. The van der Waals surface area contributed by atoms with Crippen molar-refractivity contribution in [1.82, 2.24) is 20.3 Å². The molecule has 0 atom stereocenters. The summed E-state index contributed by atoms with van der Waals surface area (Å²) >= 11 is 3.09. The molecule has 2 amide bonds. The fourth-order valence-corrected chi connectivity index (χ4v) is 9.77. The Morgan fingerprint density at radius 1 is 0.597 bits per heavy atom. The number of H-pyrrole nitrogens is 1. The molecular formula is C51H36N6O3S2. The molecule has 9 aromatic rings. The lowest BCUT2D eigenvalue weighted by molar-refractivity contribution is 0.0975. The third-order valence-electron chi connectivity index (χ3n) is 10.6. The van der Waals surface area contributed by atoms with Crippen LogP contribution in [-0.4, -0.2) is 39.7 Å². The van der Waals surface area contributed by atoms with E-state index in [1.807, 2.05) is 153 Å². The SMILES string of the molecule is COc1ccccc1C(=O)Nc1[nH]c(C=C2N=C(NC(=O)c3ccccc3C)C(c3nc4ccccc4s3)=C2c2ccccc2)c(-c2ccccc2)c1-c1nc2ccccc2s1. The van der Waals surface area contributed by atoms with E-state index < -0.39 is 0 Å². The van der Waals surface area contributed by atoms with E-state index in [1.165, 1.54) is 0 Å². The van der Waals surface area contributed by atoms with Gasteiger partial charge in [0.15, 0.2) is 0 Å². The number of aromatic nitrogens is 3. The molecule has 0 saturated heterocycles. The number of carbonyl (C=O) groups is 2. The van der Waals surface area contributed by atoms with Crippen molar-refractivity contribution >= 4 is 83.8 Å². The van der Waals surface area contributed by atoms with Crippen LogP contribution >= 0.6 is 22.7 Å². The lowest BCUT2D eigenvalue weighted by Gasteiger charge is -2.11. The second kappa shape index (κ2) is 16.4. The maximum atomic E-state index is 14.2. The maximum Gasteiger partial charge on any atom is 0.260 e. The summed E-state index contributed by atoms with van der Waals surface area (Å²) in [7, 11) is 1.55. The molecule has 0 bridgehead atoms. The number of hydrogen-bond donors (Lipinski definition) is 3. The molecule has 0 unspecified atom stereocenters. The number of anilines is 1. The smallest absolute Gasteiger partial charge is 0.260 e. The van der Waals surface area contributed by atoms with Crippen molar-refractivity contribution in [1.29, 1.82) is 0 Å². The fraction of sp³-hybridized carbons (Fsp3) is 0.0392. The zero-order valence-electron chi connectivity index (χ0n) is 33.5. The molecule has 4 heterocycles. The second-order valence-corrected chi connectivity index (χ2v) is 16.6. The number of fused-ring (bicyclic) bond motifs is 2. The number of nitrogens with one attached hydrogen (secondary N) is 3. The van der Waals surface area contributed by atoms with E-state index in [-0.39, 0.29) is 11.8 Å². The zero-order valence-corrected chi connectivity index (χ0v) is 35.1. The maximum absolute atomic E-state index is 14.2. The van der Waals surface area contributed by atoms with Crippen molar-refractivity contribution < 1.29 is 14.3 Å². The number of ether oxygens (including phenoxy) is 1. The van der Waals surface area contributed by atoms with Gasteiger partial charge in [-0.3, -0.25) is 9.59 Å². The number of amidine groups is 1. The van der Waals surface area contributed by atoms with E-state index in [4.69, 9.17) is 19.7 Å². The Hall–Kier alpha value is -7.73. The quantitative estimate of drug-likeness (QED) is 0.134. The average molecular weight is 845 g/mol. The zero-order chi connectivity index (χ0) is 42.2. The van der Waals surface area contributed by atoms with Gasteiger partial charge in [-0.1, -0.05) is 115 Å². The third kappa shape index (κ3) is 7.19. The predicted molar refractivity (Wildman–Crippen MR) is 253 cm³/mol. The summed E-state index contributed by atoms with van der Waals surface area (Å²) in [6, 6.07) is 50.7. The predicted octanol–water partition coefficient (Wildman–Crippen LogP) is 11.9. The molecule has 0 saturated carbocycles. The van der Waals surface area contributed by atoms with Gasteiger partial charge in [0, 0.05) is 16.7 Å². The number of aryl methyl sites for hydroxylation is 1. The Labute approximate surface area is 364 Å². The third-order valence-corrected chi connectivity index (χ3v) is 12.7. The highest BCUT2D eigenvalue weighted by Gasteiger charge is 2.32. The molecule has 0 aliphatic carbocycles. The number of hydrogen-bond acceptors (Lipinski definition) is 8. The van der Waals surface area contributed by atoms with Crippen LogP contribution in [0.5, 0.6) is 5.75 Å². The molecule has 1 aliphatic heterocycles. The van der Waals surface area contributed by atoms with E-state index in [0.29, 0.717) is 50.5 Å². The van der Waals surface area contributed by atoms with E-state index >= 15 is 0 Å². The molecule has 1 aliphatic rings. The van der Waals surface area contributed by atoms with Crippen molar-refractivity contribution in [3.05, 3.63) is 196 Å². The van der Waals surface area contributed by atoms with Gasteiger partial charge in [0.05, 0.1) is 55.6 Å². The normalized spacial score (nSPS) is 13.2. The Kier molecular flexibility index (Phi) is 10.2. The summed E-state index contributed by atoms with van der Waals surface area (Å²) in [4.78, 5) is 47.5. The van der Waals surface area contributed by atoms with Crippen LogP contribution in [0.15, 0.2) is 168 Å². The molecular weight excluding hydrogens is 809 g/mol. The van der Waals surface area contributed by atoms with E-state index in [1.54, 1.807) is 48.0 Å². The standard InChI is InChI=1S/C51H36N6O3S2/c1-30-17-9-10-22-33(30)48(58)56-46-44(50-54-35-24-12-15-27-40(35)61-50)42(31-18-5-3-6-19-31)37(52-46)29-38-43(32-20-7-4-8-21-32)45(51-55-36-25-13-16-28-41(36)62-51)47(53-38)57-49(59)34-23-11-14-26-39(34)60-2/h3-29,53H,1-2H3,(H,57,59)(H,52,56,58). The van der Waals surface area contributed by atoms with Gasteiger partial charge in [0.2, 0.25) is 0 Å². The molecule has 0 radical (unpaired) electrons. The second-order valence-electron chi connectivity index (χ2n) is 14.5. The minimum Gasteiger partial charge on any atom is -0.496 e. The number of aliphatic imine (C=N–C) groups is 1. The van der Waals surface area contributed by atoms with Crippen LogP contribution in [0, 0.1) is 6.92 Å². The highest BCUT2D eigenvalue weighted by Crippen LogP contribution is 2.47. The number of thiazole rings is 2. The number of aromatic amines is 1. The van der Waals surface area contributed by atoms with Crippen molar-refractivity contribution in [3.63, 3.8) is 0 Å². The molecule has 9 nitrogen and oxygen atoms in total. The molecule has 0 fully saturated rings. The topological polar surface area (TPSA) is 121 Å². The number of nitrogens with zero attached hydrogens (tertiary/aromatic N) is 3. The molecule has 3 N–H and O–H groups in total. The van der Waals surface area contributed by atoms with Gasteiger partial charge in [0.1, 0.15) is 27.4 Å². The Bertz CT molecular complexity index is 3220. The van der Waals surface area contributed by atoms with Crippen molar-refractivity contribution in [3.8, 4) is 27.4 Å². The fourth-order valence-electron chi connectivity index (χ4n) is 7.73. The highest BCUT2D eigenvalue weighted by atomic mass is 32.1. The first-order chi connectivity index (χ1) is 30.4. The summed E-state index contributed by atoms with van der Waals surface area (Å²) in [5, 5.41) is 7.83. The van der Waals surface area contributed by atoms with Gasteiger partial charge in [0.25, 0.3) is 11.8 Å². The van der Waals surface area contributed by atoms with Crippen molar-refractivity contribution in [2.45, 2.75) is 6.92 Å². The summed E-state index contributed by atoms with van der Waals surface area (Å²) in [6.45, 7) is 1.92. The Balaban J connectivity index is 1.23. The summed E-state index contributed by atoms with van der Waals surface area (Å²) in [5.41, 5.74) is 9.54. The Morgan fingerprint density at radius 2 is 1.16 bits per heavy atom. The van der Waals surface area contributed by atoms with Crippen LogP contribution in [-0.2, 0) is 0 Å². The molecule has 0 spiro atoms. The first-order valence-electron chi connectivity index (χ1n) is 19.9. The van der Waals surface area contributed by atoms with E-state index in [9.17, 15) is 9.59 Å². The first-order valence-corrected chi connectivity index (χ1v) is 21.5. The molecule has 3 aromatic heterocycles. The molecule has 62 heavy (non-hydrogen) atoms. The lowest BCUT2D eigenvalue weighted by Crippen LogP contribution is -2.31. The number of allylic oxidation sites excluding steroid dienone is 1. The summed E-state index contributed by atoms with van der Waals surface area (Å²) < 4.78 is 7.61. The molecule has 300 valence electrons. The number of methoxy groups -OCH3 is 1. The number of amides is 2. The van der Waals surface area contributed by atoms with Gasteiger partial charge in [-0.15, -0.1) is 22.7 Å². The van der Waals surface area contributed by atoms with E-state index in [0.717, 1.165) is 58.8 Å². The van der Waals surface area contributed by atoms with Crippen molar-refractivity contribution in [2.24, 2.45) is 4.99 Å². The van der Waals surface area contributed by atoms with Gasteiger partial charge in [-0.2, -0.15) is 0 Å². The number of para-hydroxylation sites is 3. The molecule has 10 rings (SSSR count). The van der Waals surface area contributed by atoms with Gasteiger partial charge < -0.3 is 20.4 Å². The van der Waals surface area contributed by atoms with Gasteiger partial charge in [-0.05, 0) is 72.2 Å². The molecule has 11 heteroatoms. The number of benzene rings is 6. The van der Waals surface area contributed by atoms with Crippen LogP contribution < -0.4 is 15.4 Å². The van der Waals surface area contributed by atoms with E-state index in [2.05, 4.69) is 15.6 Å². The van der Waals surface area contributed by atoms with Gasteiger partial charge in [-0.25, -0.2) is 15.0 Å². The van der Waals surface area contributed by atoms with Crippen LogP contribution in [0.4, 0.5) is 5.82 Å². The van der Waals surface area contributed by atoms with Crippen LogP contribution in [0.25, 0.3) is 59.4 Å². The number of rotatable bonds is 9. The number of carbonyl (C=O) groups excluding carboxylic acids is 2.